The lowest BCUT2D eigenvalue weighted by Crippen LogP contribution is -2.33. The number of hydrogen-bond acceptors (Lipinski definition) is 4. The van der Waals surface area contributed by atoms with Crippen LogP contribution in [0.1, 0.15) is 5.56 Å². The maximum atomic E-state index is 7.07. The third-order valence-corrected chi connectivity index (χ3v) is 3.42. The first-order valence-corrected chi connectivity index (χ1v) is 7.92. The molecule has 0 aliphatic heterocycles. The van der Waals surface area contributed by atoms with Gasteiger partial charge in [-0.1, -0.05) is 0 Å². The molecule has 0 amide bonds. The zero-order chi connectivity index (χ0) is 15.1. The number of thioether (sulfide) groups is 1. The van der Waals surface area contributed by atoms with E-state index in [4.69, 9.17) is 15.9 Å². The number of nitrogens with two attached hydrogens (primary N) is 1. The van der Waals surface area contributed by atoms with E-state index < -0.39 is 0 Å². The molecule has 1 aromatic carbocycles. The predicted molar refractivity (Wildman–Crippen MR) is 93.9 cm³/mol. The van der Waals surface area contributed by atoms with Crippen molar-refractivity contribution in [2.24, 2.45) is 5.73 Å². The van der Waals surface area contributed by atoms with Crippen LogP contribution in [-0.4, -0.2) is 35.3 Å². The second kappa shape index (κ2) is 9.22. The number of nitrogens with zero attached hydrogens (tertiary/aromatic N) is 1. The van der Waals surface area contributed by atoms with Crippen molar-refractivity contribution in [1.29, 1.82) is 5.41 Å². The lowest BCUT2D eigenvalue weighted by atomic mass is 10.1. The predicted octanol–water partition coefficient (Wildman–Crippen LogP) is 2.22. The van der Waals surface area contributed by atoms with Crippen LogP contribution in [0.3, 0.4) is 0 Å². The minimum Gasteiger partial charge on any atom is -0.492 e. The number of rotatable bonds is 7. The van der Waals surface area contributed by atoms with Crippen LogP contribution in [0.4, 0.5) is 0 Å². The number of nitrogens with one attached hydrogen (secondary N) is 3. The van der Waals surface area contributed by atoms with Crippen LogP contribution in [-0.2, 0) is 5.75 Å². The van der Waals surface area contributed by atoms with Gasteiger partial charge in [-0.15, -0.1) is 12.4 Å². The van der Waals surface area contributed by atoms with Crippen molar-refractivity contribution in [1.82, 2.24) is 15.3 Å². The van der Waals surface area contributed by atoms with E-state index in [1.165, 1.54) is 5.56 Å². The van der Waals surface area contributed by atoms with Gasteiger partial charge in [0.05, 0.1) is 6.54 Å². The minimum absolute atomic E-state index is 0. The molecule has 8 heteroatoms. The lowest BCUT2D eigenvalue weighted by molar-refractivity contribution is 0.322. The molecule has 0 aliphatic rings. The lowest BCUT2D eigenvalue weighted by Gasteiger charge is -2.11. The summed E-state index contributed by atoms with van der Waals surface area (Å²) in [6.07, 6.45) is 5.63. The molecule has 1 heterocycles. The number of guanidine groups is 1. The molecule has 0 atom stereocenters. The van der Waals surface area contributed by atoms with E-state index in [9.17, 15) is 0 Å². The zero-order valence-electron chi connectivity index (χ0n) is 12.3. The Balaban J connectivity index is 0.00000242. The summed E-state index contributed by atoms with van der Waals surface area (Å²) in [7, 11) is 0. The molecule has 0 radical (unpaired) electrons. The van der Waals surface area contributed by atoms with E-state index in [2.05, 4.69) is 21.5 Å². The molecular formula is C14H20ClN5OS. The first-order valence-electron chi connectivity index (χ1n) is 6.53. The Hall–Kier alpha value is -1.86. The second-order valence-electron chi connectivity index (χ2n) is 4.38. The fourth-order valence-corrected chi connectivity index (χ4v) is 2.48. The maximum absolute atomic E-state index is 7.07. The van der Waals surface area contributed by atoms with Crippen molar-refractivity contribution in [3.05, 3.63) is 36.2 Å². The van der Waals surface area contributed by atoms with Crippen molar-refractivity contribution >= 4 is 30.1 Å². The summed E-state index contributed by atoms with van der Waals surface area (Å²) in [4.78, 5) is 7.43. The molecule has 0 aliphatic carbocycles. The van der Waals surface area contributed by atoms with E-state index in [1.54, 1.807) is 18.0 Å². The van der Waals surface area contributed by atoms with E-state index in [0.29, 0.717) is 13.2 Å². The van der Waals surface area contributed by atoms with Gasteiger partial charge in [0.25, 0.3) is 0 Å². The number of benzene rings is 1. The molecule has 120 valence electrons. The number of H-pyrrole nitrogens is 1. The van der Waals surface area contributed by atoms with Gasteiger partial charge in [0.15, 0.2) is 5.96 Å². The van der Waals surface area contributed by atoms with Gasteiger partial charge >= 0.3 is 0 Å². The quantitative estimate of drug-likeness (QED) is 0.351. The van der Waals surface area contributed by atoms with Gasteiger partial charge in [-0.05, 0) is 30.0 Å². The van der Waals surface area contributed by atoms with Crippen LogP contribution in [0.5, 0.6) is 5.75 Å². The Kier molecular flexibility index (Phi) is 7.62. The number of aromatic nitrogens is 2. The van der Waals surface area contributed by atoms with Crippen molar-refractivity contribution in [3.8, 4) is 17.1 Å². The first kappa shape index (κ1) is 18.2. The van der Waals surface area contributed by atoms with E-state index in [0.717, 1.165) is 22.9 Å². The average molecular weight is 342 g/mol. The number of hydrogen-bond donors (Lipinski definition) is 4. The summed E-state index contributed by atoms with van der Waals surface area (Å²) < 4.78 is 5.66. The summed E-state index contributed by atoms with van der Waals surface area (Å²) in [6, 6.07) is 5.97. The summed E-state index contributed by atoms with van der Waals surface area (Å²) in [6.45, 7) is 0.964. The van der Waals surface area contributed by atoms with E-state index in [1.807, 2.05) is 24.4 Å². The Morgan fingerprint density at radius 3 is 2.95 bits per heavy atom. The second-order valence-corrected chi connectivity index (χ2v) is 5.24. The minimum atomic E-state index is -0.0464. The van der Waals surface area contributed by atoms with Crippen molar-refractivity contribution in [3.63, 3.8) is 0 Å². The normalized spacial score (nSPS) is 9.86. The molecule has 5 N–H and O–H groups in total. The van der Waals surface area contributed by atoms with Gasteiger partial charge in [-0.2, -0.15) is 11.8 Å². The van der Waals surface area contributed by atoms with Crippen molar-refractivity contribution < 1.29 is 4.74 Å². The standard InChI is InChI=1S/C14H19N5OS.ClH/c1-21-9-10-8-11(20-7-6-19-14(15)16)2-3-12(10)13-17-4-5-18-13;/h2-5,8H,6-7,9H2,1H3,(H,17,18)(H4,15,16,19);1H. The van der Waals surface area contributed by atoms with Gasteiger partial charge < -0.3 is 20.8 Å². The summed E-state index contributed by atoms with van der Waals surface area (Å²) in [5, 5.41) is 9.78. The van der Waals surface area contributed by atoms with Crippen LogP contribution in [0.15, 0.2) is 30.6 Å². The first-order chi connectivity index (χ1) is 10.2. The highest BCUT2D eigenvalue weighted by Gasteiger charge is 2.08. The van der Waals surface area contributed by atoms with Gasteiger partial charge in [0.1, 0.15) is 18.2 Å². The average Bonchev–Trinajstić information content (AvgIpc) is 2.98. The van der Waals surface area contributed by atoms with Crippen LogP contribution >= 0.6 is 24.2 Å². The molecule has 0 bridgehead atoms. The van der Waals surface area contributed by atoms with Crippen LogP contribution in [0, 0.1) is 5.41 Å². The number of ether oxygens (including phenoxy) is 1. The Labute approximate surface area is 140 Å². The molecule has 6 nitrogen and oxygen atoms in total. The molecule has 0 fully saturated rings. The third kappa shape index (κ3) is 5.16. The molecule has 1 aromatic heterocycles. The maximum Gasteiger partial charge on any atom is 0.185 e. The molecule has 0 saturated carbocycles. The smallest absolute Gasteiger partial charge is 0.185 e. The monoisotopic (exact) mass is 341 g/mol. The zero-order valence-corrected chi connectivity index (χ0v) is 13.9. The molecule has 0 spiro atoms. The Bertz CT molecular complexity index is 591. The fraction of sp³-hybridized carbons (Fsp3) is 0.286. The molecule has 2 aromatic rings. The van der Waals surface area contributed by atoms with Gasteiger partial charge in [0, 0.05) is 23.7 Å². The molecule has 0 saturated heterocycles. The Morgan fingerprint density at radius 1 is 1.50 bits per heavy atom. The fourth-order valence-electron chi connectivity index (χ4n) is 1.93. The van der Waals surface area contributed by atoms with Crippen molar-refractivity contribution in [2.45, 2.75) is 5.75 Å². The SMILES string of the molecule is CSCc1cc(OCCNC(=N)N)ccc1-c1ncc[nH]1.Cl. The highest BCUT2D eigenvalue weighted by atomic mass is 35.5. The van der Waals surface area contributed by atoms with Gasteiger partial charge in [-0.25, -0.2) is 4.98 Å². The highest BCUT2D eigenvalue weighted by molar-refractivity contribution is 7.97. The molecular weight excluding hydrogens is 322 g/mol. The number of imidazole rings is 1. The van der Waals surface area contributed by atoms with Gasteiger partial charge in [0.2, 0.25) is 0 Å². The van der Waals surface area contributed by atoms with E-state index in [-0.39, 0.29) is 18.4 Å². The van der Waals surface area contributed by atoms with Crippen LogP contribution in [0.25, 0.3) is 11.4 Å². The van der Waals surface area contributed by atoms with Crippen molar-refractivity contribution in [2.75, 3.05) is 19.4 Å². The summed E-state index contributed by atoms with van der Waals surface area (Å²) in [5.41, 5.74) is 7.48. The van der Waals surface area contributed by atoms with Gasteiger partial charge in [-0.3, -0.25) is 5.41 Å². The molecule has 2 rings (SSSR count). The third-order valence-electron chi connectivity index (χ3n) is 2.82. The topological polar surface area (TPSA) is 99.8 Å². The van der Waals surface area contributed by atoms with Crippen LogP contribution < -0.4 is 15.8 Å². The Morgan fingerprint density at radius 2 is 2.32 bits per heavy atom. The van der Waals surface area contributed by atoms with E-state index >= 15 is 0 Å². The molecule has 0 unspecified atom stereocenters. The number of halogens is 1. The summed E-state index contributed by atoms with van der Waals surface area (Å²) in [5.74, 6) is 2.51. The van der Waals surface area contributed by atoms with Crippen LogP contribution in [0.2, 0.25) is 0 Å². The summed E-state index contributed by atoms with van der Waals surface area (Å²) >= 11 is 1.75. The highest BCUT2D eigenvalue weighted by Crippen LogP contribution is 2.27. The molecule has 22 heavy (non-hydrogen) atoms. The largest absolute Gasteiger partial charge is 0.492 e. The number of aromatic amines is 1.